The van der Waals surface area contributed by atoms with Crippen LogP contribution in [0.5, 0.6) is 0 Å². The van der Waals surface area contributed by atoms with Crippen molar-refractivity contribution in [3.63, 3.8) is 0 Å². The minimum absolute atomic E-state index is 0.0901. The Morgan fingerprint density at radius 3 is 2.67 bits per heavy atom. The van der Waals surface area contributed by atoms with Crippen LogP contribution in [0.2, 0.25) is 10.0 Å². The van der Waals surface area contributed by atoms with Gasteiger partial charge in [0.2, 0.25) is 0 Å². The van der Waals surface area contributed by atoms with Crippen LogP contribution in [-0.4, -0.2) is 25.0 Å². The average molecular weight is 288 g/mol. The zero-order valence-corrected chi connectivity index (χ0v) is 10.9. The van der Waals surface area contributed by atoms with Crippen LogP contribution in [0.1, 0.15) is 10.4 Å². The summed E-state index contributed by atoms with van der Waals surface area (Å²) in [5, 5.41) is 2.97. The molecule has 1 amide bonds. The van der Waals surface area contributed by atoms with Crippen molar-refractivity contribution in [2.45, 2.75) is 0 Å². The van der Waals surface area contributed by atoms with Crippen molar-refractivity contribution in [3.8, 4) is 0 Å². The molecule has 0 aliphatic carbocycles. The van der Waals surface area contributed by atoms with Gasteiger partial charge in [-0.05, 0) is 18.2 Å². The molecule has 0 saturated heterocycles. The molecule has 0 aliphatic rings. The topological polar surface area (TPSA) is 55.4 Å². The lowest BCUT2D eigenvalue weighted by Crippen LogP contribution is -2.30. The van der Waals surface area contributed by atoms with E-state index >= 15 is 0 Å². The Hall–Kier alpha value is -1.52. The summed E-state index contributed by atoms with van der Waals surface area (Å²) in [5.41, 5.74) is 0.369. The van der Waals surface area contributed by atoms with Crippen molar-refractivity contribution in [3.05, 3.63) is 46.5 Å². The molecule has 1 aromatic carbocycles. The molecule has 0 unspecified atom stereocenters. The fraction of sp³-hybridized carbons (Fsp3) is 0.167. The third-order valence-electron chi connectivity index (χ3n) is 1.97. The standard InChI is InChI=1S/C12H11Cl2NO3/c1-2-5-18-12(17)15-7-11(16)8-3-4-9(13)10(14)6-8/h2-4,6H,1,5,7H2,(H,15,17). The molecule has 0 atom stereocenters. The van der Waals surface area contributed by atoms with Crippen LogP contribution in [0.25, 0.3) is 0 Å². The van der Waals surface area contributed by atoms with E-state index in [0.717, 1.165) is 0 Å². The first-order valence-electron chi connectivity index (χ1n) is 5.04. The molecule has 96 valence electrons. The van der Waals surface area contributed by atoms with Gasteiger partial charge in [0, 0.05) is 5.56 Å². The highest BCUT2D eigenvalue weighted by molar-refractivity contribution is 6.42. The lowest BCUT2D eigenvalue weighted by Gasteiger charge is -2.05. The molecular weight excluding hydrogens is 277 g/mol. The van der Waals surface area contributed by atoms with Crippen LogP contribution in [0, 0.1) is 0 Å². The maximum Gasteiger partial charge on any atom is 0.407 e. The molecule has 0 bridgehead atoms. The first kappa shape index (κ1) is 14.5. The van der Waals surface area contributed by atoms with E-state index in [1.54, 1.807) is 0 Å². The van der Waals surface area contributed by atoms with Crippen LogP contribution in [-0.2, 0) is 4.74 Å². The zero-order valence-electron chi connectivity index (χ0n) is 9.41. The van der Waals surface area contributed by atoms with Gasteiger partial charge in [-0.3, -0.25) is 4.79 Å². The van der Waals surface area contributed by atoms with Gasteiger partial charge in [-0.1, -0.05) is 35.9 Å². The molecular formula is C12H11Cl2NO3. The SMILES string of the molecule is C=CCOC(=O)NCC(=O)c1ccc(Cl)c(Cl)c1. The second-order valence-corrected chi connectivity index (χ2v) is 4.11. The largest absolute Gasteiger partial charge is 0.445 e. The normalized spacial score (nSPS) is 9.67. The molecule has 4 nitrogen and oxygen atoms in total. The van der Waals surface area contributed by atoms with E-state index in [4.69, 9.17) is 23.2 Å². The summed E-state index contributed by atoms with van der Waals surface area (Å²) in [5.74, 6) is -0.288. The number of rotatable bonds is 5. The van der Waals surface area contributed by atoms with E-state index < -0.39 is 6.09 Å². The molecule has 0 aliphatic heterocycles. The van der Waals surface area contributed by atoms with Crippen molar-refractivity contribution in [1.29, 1.82) is 0 Å². The highest BCUT2D eigenvalue weighted by atomic mass is 35.5. The Bertz CT molecular complexity index is 474. The lowest BCUT2D eigenvalue weighted by atomic mass is 10.1. The fourth-order valence-corrected chi connectivity index (χ4v) is 1.41. The Labute approximate surface area is 115 Å². The van der Waals surface area contributed by atoms with Gasteiger partial charge in [-0.2, -0.15) is 0 Å². The Morgan fingerprint density at radius 2 is 2.06 bits per heavy atom. The average Bonchev–Trinajstić information content (AvgIpc) is 2.36. The van der Waals surface area contributed by atoms with E-state index in [2.05, 4.69) is 16.6 Å². The number of carbonyl (C=O) groups is 2. The van der Waals surface area contributed by atoms with E-state index in [1.165, 1.54) is 24.3 Å². The van der Waals surface area contributed by atoms with Gasteiger partial charge < -0.3 is 10.1 Å². The van der Waals surface area contributed by atoms with E-state index in [-0.39, 0.29) is 24.0 Å². The summed E-state index contributed by atoms with van der Waals surface area (Å²) in [4.78, 5) is 22.8. The highest BCUT2D eigenvalue weighted by Crippen LogP contribution is 2.22. The zero-order chi connectivity index (χ0) is 13.5. The van der Waals surface area contributed by atoms with Gasteiger partial charge in [-0.15, -0.1) is 0 Å². The smallest absolute Gasteiger partial charge is 0.407 e. The summed E-state index contributed by atoms with van der Waals surface area (Å²) in [6, 6.07) is 4.50. The van der Waals surface area contributed by atoms with Crippen molar-refractivity contribution < 1.29 is 14.3 Å². The van der Waals surface area contributed by atoms with E-state index in [1.807, 2.05) is 0 Å². The number of Topliss-reactive ketones (excluding diaryl/α,β-unsaturated/α-hetero) is 1. The second-order valence-electron chi connectivity index (χ2n) is 3.29. The molecule has 0 fully saturated rings. The van der Waals surface area contributed by atoms with Crippen LogP contribution in [0.15, 0.2) is 30.9 Å². The van der Waals surface area contributed by atoms with Crippen LogP contribution in [0.4, 0.5) is 4.79 Å². The van der Waals surface area contributed by atoms with Gasteiger partial charge in [0.25, 0.3) is 0 Å². The first-order valence-corrected chi connectivity index (χ1v) is 5.80. The highest BCUT2D eigenvalue weighted by Gasteiger charge is 2.10. The van der Waals surface area contributed by atoms with E-state index in [0.29, 0.717) is 10.6 Å². The first-order chi connectivity index (χ1) is 8.54. The van der Waals surface area contributed by atoms with Gasteiger partial charge in [0.15, 0.2) is 5.78 Å². The minimum atomic E-state index is -0.677. The number of halogens is 2. The van der Waals surface area contributed by atoms with Crippen molar-refractivity contribution in [1.82, 2.24) is 5.32 Å². The van der Waals surface area contributed by atoms with Crippen molar-refractivity contribution in [2.24, 2.45) is 0 Å². The molecule has 0 spiro atoms. The van der Waals surface area contributed by atoms with Crippen LogP contribution < -0.4 is 5.32 Å². The summed E-state index contributed by atoms with van der Waals surface area (Å²) < 4.78 is 4.65. The third kappa shape index (κ3) is 4.39. The number of hydrogen-bond acceptors (Lipinski definition) is 3. The summed E-state index contributed by atoms with van der Waals surface area (Å²) in [7, 11) is 0. The number of ketones is 1. The Balaban J connectivity index is 2.52. The molecule has 0 radical (unpaired) electrons. The molecule has 18 heavy (non-hydrogen) atoms. The number of benzene rings is 1. The predicted octanol–water partition coefficient (Wildman–Crippen LogP) is 3.09. The van der Waals surface area contributed by atoms with Crippen molar-refractivity contribution >= 4 is 35.1 Å². The van der Waals surface area contributed by atoms with Crippen LogP contribution >= 0.6 is 23.2 Å². The Morgan fingerprint density at radius 1 is 1.33 bits per heavy atom. The lowest BCUT2D eigenvalue weighted by molar-refractivity contribution is 0.0980. The maximum atomic E-state index is 11.7. The molecule has 0 heterocycles. The minimum Gasteiger partial charge on any atom is -0.445 e. The molecule has 1 N–H and O–H groups in total. The number of hydrogen-bond donors (Lipinski definition) is 1. The number of carbonyl (C=O) groups excluding carboxylic acids is 2. The molecule has 1 aromatic rings. The van der Waals surface area contributed by atoms with Crippen molar-refractivity contribution in [2.75, 3.05) is 13.2 Å². The third-order valence-corrected chi connectivity index (χ3v) is 2.71. The summed E-state index contributed by atoms with van der Waals surface area (Å²) in [6.45, 7) is 3.31. The number of ether oxygens (including phenoxy) is 1. The summed E-state index contributed by atoms with van der Waals surface area (Å²) in [6.07, 6.45) is 0.753. The number of amides is 1. The van der Waals surface area contributed by atoms with Gasteiger partial charge in [-0.25, -0.2) is 4.79 Å². The fourth-order valence-electron chi connectivity index (χ4n) is 1.11. The number of nitrogens with one attached hydrogen (secondary N) is 1. The summed E-state index contributed by atoms with van der Waals surface area (Å²) >= 11 is 11.5. The molecule has 0 aromatic heterocycles. The quantitative estimate of drug-likeness (QED) is 0.669. The van der Waals surface area contributed by atoms with Gasteiger partial charge in [0.05, 0.1) is 16.6 Å². The molecule has 1 rings (SSSR count). The molecule has 6 heteroatoms. The van der Waals surface area contributed by atoms with Gasteiger partial charge >= 0.3 is 6.09 Å². The predicted molar refractivity (Wildman–Crippen MR) is 70.3 cm³/mol. The van der Waals surface area contributed by atoms with Gasteiger partial charge in [0.1, 0.15) is 6.61 Å². The monoisotopic (exact) mass is 287 g/mol. The maximum absolute atomic E-state index is 11.7. The molecule has 0 saturated carbocycles. The number of alkyl carbamates (subject to hydrolysis) is 1. The second kappa shape index (κ2) is 7.03. The van der Waals surface area contributed by atoms with Crippen LogP contribution in [0.3, 0.4) is 0 Å². The van der Waals surface area contributed by atoms with E-state index in [9.17, 15) is 9.59 Å². The Kier molecular flexibility index (Phi) is 5.68.